The van der Waals surface area contributed by atoms with E-state index in [9.17, 15) is 14.7 Å². The highest BCUT2D eigenvalue weighted by Gasteiger charge is 2.42. The van der Waals surface area contributed by atoms with Crippen molar-refractivity contribution in [2.75, 3.05) is 0 Å². The van der Waals surface area contributed by atoms with Crippen LogP contribution in [0.2, 0.25) is 0 Å². The van der Waals surface area contributed by atoms with E-state index in [0.29, 0.717) is 18.8 Å². The highest BCUT2D eigenvalue weighted by Crippen LogP contribution is 2.32. The molecule has 0 heterocycles. The van der Waals surface area contributed by atoms with Crippen LogP contribution in [0.15, 0.2) is 0 Å². The minimum absolute atomic E-state index is 0.0225. The van der Waals surface area contributed by atoms with E-state index in [2.05, 4.69) is 12.2 Å². The number of carboxylic acid groups (broad SMARTS) is 1. The van der Waals surface area contributed by atoms with Gasteiger partial charge in [-0.15, -0.1) is 0 Å². The molecule has 4 nitrogen and oxygen atoms in total. The summed E-state index contributed by atoms with van der Waals surface area (Å²) in [6.45, 7) is 2.22. The molecule has 2 aliphatic carbocycles. The summed E-state index contributed by atoms with van der Waals surface area (Å²) < 4.78 is 0. The first-order chi connectivity index (χ1) is 9.03. The standard InChI is InChI=1S/C15H25NO3/c1-11-5-7-12(8-6-11)13(17)16-15(14(18)19)9-3-2-4-10-15/h11-12H,2-10H2,1H3,(H,16,17)(H,18,19). The summed E-state index contributed by atoms with van der Waals surface area (Å²) in [5, 5.41) is 12.3. The fourth-order valence-electron chi connectivity index (χ4n) is 3.41. The topological polar surface area (TPSA) is 66.4 Å². The molecule has 2 saturated carbocycles. The highest BCUT2D eigenvalue weighted by atomic mass is 16.4. The van der Waals surface area contributed by atoms with Gasteiger partial charge in [0.15, 0.2) is 0 Å². The monoisotopic (exact) mass is 267 g/mol. The number of rotatable bonds is 3. The molecule has 108 valence electrons. The van der Waals surface area contributed by atoms with Crippen molar-refractivity contribution in [2.45, 2.75) is 70.3 Å². The molecule has 0 unspecified atom stereocenters. The molecule has 0 radical (unpaired) electrons. The first-order valence-corrected chi connectivity index (χ1v) is 7.59. The predicted octanol–water partition coefficient (Wildman–Crippen LogP) is 2.72. The SMILES string of the molecule is CC1CCC(C(=O)NC2(C(=O)O)CCCCC2)CC1. The molecule has 0 aromatic rings. The van der Waals surface area contributed by atoms with Crippen LogP contribution in [0.1, 0.15) is 64.7 Å². The summed E-state index contributed by atoms with van der Waals surface area (Å²) in [5.41, 5.74) is -0.988. The Morgan fingerprint density at radius 3 is 2.16 bits per heavy atom. The fraction of sp³-hybridized carbons (Fsp3) is 0.867. The second-order valence-electron chi connectivity index (χ2n) is 6.39. The van der Waals surface area contributed by atoms with Crippen molar-refractivity contribution in [2.24, 2.45) is 11.8 Å². The second-order valence-corrected chi connectivity index (χ2v) is 6.39. The summed E-state index contributed by atoms with van der Waals surface area (Å²) in [6.07, 6.45) is 8.00. The van der Waals surface area contributed by atoms with Crippen molar-refractivity contribution in [1.29, 1.82) is 0 Å². The number of aliphatic carboxylic acids is 1. The Hall–Kier alpha value is -1.06. The van der Waals surface area contributed by atoms with Gasteiger partial charge in [0.25, 0.3) is 0 Å². The van der Waals surface area contributed by atoms with Crippen LogP contribution in [0, 0.1) is 11.8 Å². The van der Waals surface area contributed by atoms with E-state index in [1.807, 2.05) is 0 Å². The first kappa shape index (κ1) is 14.4. The zero-order valence-electron chi connectivity index (χ0n) is 11.8. The molecule has 0 aromatic carbocycles. The molecule has 2 aliphatic rings. The molecule has 2 N–H and O–H groups in total. The maximum atomic E-state index is 12.3. The average Bonchev–Trinajstić information content (AvgIpc) is 2.40. The fourth-order valence-corrected chi connectivity index (χ4v) is 3.41. The number of nitrogens with one attached hydrogen (secondary N) is 1. The molecule has 0 aromatic heterocycles. The minimum Gasteiger partial charge on any atom is -0.480 e. The normalized spacial score (nSPS) is 30.6. The van der Waals surface area contributed by atoms with Gasteiger partial charge < -0.3 is 10.4 Å². The van der Waals surface area contributed by atoms with E-state index in [1.54, 1.807) is 0 Å². The predicted molar refractivity (Wildman–Crippen MR) is 72.7 cm³/mol. The van der Waals surface area contributed by atoms with Crippen molar-refractivity contribution in [3.63, 3.8) is 0 Å². The summed E-state index contributed by atoms with van der Waals surface area (Å²) in [5.74, 6) is -0.164. The van der Waals surface area contributed by atoms with E-state index in [0.717, 1.165) is 44.9 Å². The summed E-state index contributed by atoms with van der Waals surface area (Å²) in [7, 11) is 0. The van der Waals surface area contributed by atoms with Gasteiger partial charge in [0.2, 0.25) is 5.91 Å². The van der Waals surface area contributed by atoms with E-state index in [1.165, 1.54) is 0 Å². The summed E-state index contributed by atoms with van der Waals surface area (Å²) in [4.78, 5) is 23.8. The Morgan fingerprint density at radius 2 is 1.63 bits per heavy atom. The molecule has 0 saturated heterocycles. The molecular formula is C15H25NO3. The summed E-state index contributed by atoms with van der Waals surface area (Å²) >= 11 is 0. The Morgan fingerprint density at radius 1 is 1.05 bits per heavy atom. The molecule has 19 heavy (non-hydrogen) atoms. The zero-order valence-corrected chi connectivity index (χ0v) is 11.8. The molecule has 0 atom stereocenters. The molecule has 0 bridgehead atoms. The second kappa shape index (κ2) is 5.93. The van der Waals surface area contributed by atoms with Crippen molar-refractivity contribution in [1.82, 2.24) is 5.32 Å². The van der Waals surface area contributed by atoms with Crippen LogP contribution in [0.25, 0.3) is 0 Å². The zero-order chi connectivity index (χ0) is 13.9. The number of amides is 1. The number of hydrogen-bond acceptors (Lipinski definition) is 2. The number of carbonyl (C=O) groups excluding carboxylic acids is 1. The van der Waals surface area contributed by atoms with Crippen LogP contribution in [-0.4, -0.2) is 22.5 Å². The Labute approximate surface area is 115 Å². The van der Waals surface area contributed by atoms with Gasteiger partial charge in [0.05, 0.1) is 0 Å². The van der Waals surface area contributed by atoms with Gasteiger partial charge in [-0.3, -0.25) is 4.79 Å². The van der Waals surface area contributed by atoms with Crippen LogP contribution in [-0.2, 0) is 9.59 Å². The average molecular weight is 267 g/mol. The van der Waals surface area contributed by atoms with Crippen LogP contribution < -0.4 is 5.32 Å². The Balaban J connectivity index is 1.97. The lowest BCUT2D eigenvalue weighted by Crippen LogP contribution is -2.57. The quantitative estimate of drug-likeness (QED) is 0.826. The van der Waals surface area contributed by atoms with Crippen LogP contribution in [0.3, 0.4) is 0 Å². The van der Waals surface area contributed by atoms with Crippen molar-refractivity contribution >= 4 is 11.9 Å². The Kier molecular flexibility index (Phi) is 4.48. The Bertz CT molecular complexity index is 339. The first-order valence-electron chi connectivity index (χ1n) is 7.59. The van der Waals surface area contributed by atoms with Crippen molar-refractivity contribution < 1.29 is 14.7 Å². The van der Waals surface area contributed by atoms with Gasteiger partial charge >= 0.3 is 5.97 Å². The maximum Gasteiger partial charge on any atom is 0.329 e. The number of hydrogen-bond donors (Lipinski definition) is 2. The lowest BCUT2D eigenvalue weighted by molar-refractivity contribution is -0.150. The molecule has 2 fully saturated rings. The van der Waals surface area contributed by atoms with Gasteiger partial charge in [0, 0.05) is 5.92 Å². The third-order valence-electron chi connectivity index (χ3n) is 4.87. The smallest absolute Gasteiger partial charge is 0.329 e. The number of carbonyl (C=O) groups is 2. The maximum absolute atomic E-state index is 12.3. The van der Waals surface area contributed by atoms with Gasteiger partial charge in [0.1, 0.15) is 5.54 Å². The lowest BCUT2D eigenvalue weighted by atomic mass is 9.79. The van der Waals surface area contributed by atoms with Gasteiger partial charge in [-0.05, 0) is 44.4 Å². The molecular weight excluding hydrogens is 242 g/mol. The van der Waals surface area contributed by atoms with Gasteiger partial charge in [-0.2, -0.15) is 0 Å². The molecule has 0 spiro atoms. The molecule has 1 amide bonds. The van der Waals surface area contributed by atoms with Gasteiger partial charge in [-0.25, -0.2) is 4.79 Å². The van der Waals surface area contributed by atoms with Crippen LogP contribution in [0.5, 0.6) is 0 Å². The van der Waals surface area contributed by atoms with Crippen molar-refractivity contribution in [3.05, 3.63) is 0 Å². The van der Waals surface area contributed by atoms with E-state index in [-0.39, 0.29) is 11.8 Å². The highest BCUT2D eigenvalue weighted by molar-refractivity contribution is 5.88. The third-order valence-corrected chi connectivity index (χ3v) is 4.87. The largest absolute Gasteiger partial charge is 0.480 e. The lowest BCUT2D eigenvalue weighted by Gasteiger charge is -2.36. The van der Waals surface area contributed by atoms with E-state index < -0.39 is 11.5 Å². The third kappa shape index (κ3) is 3.28. The van der Waals surface area contributed by atoms with E-state index >= 15 is 0 Å². The number of carboxylic acids is 1. The minimum atomic E-state index is -0.988. The van der Waals surface area contributed by atoms with Crippen LogP contribution >= 0.6 is 0 Å². The molecule has 4 heteroatoms. The molecule has 2 rings (SSSR count). The van der Waals surface area contributed by atoms with Crippen molar-refractivity contribution in [3.8, 4) is 0 Å². The summed E-state index contributed by atoms with van der Waals surface area (Å²) in [6, 6.07) is 0. The molecule has 0 aliphatic heterocycles. The van der Waals surface area contributed by atoms with Gasteiger partial charge in [-0.1, -0.05) is 26.2 Å². The van der Waals surface area contributed by atoms with E-state index in [4.69, 9.17) is 0 Å². The van der Waals surface area contributed by atoms with Crippen LogP contribution in [0.4, 0.5) is 0 Å².